The molecule has 7 nitrogen and oxygen atoms in total. The van der Waals surface area contributed by atoms with Crippen LogP contribution >= 0.6 is 0 Å². The maximum absolute atomic E-state index is 12.7. The van der Waals surface area contributed by atoms with Gasteiger partial charge in [-0.1, -0.05) is 6.07 Å². The van der Waals surface area contributed by atoms with Gasteiger partial charge < -0.3 is 19.4 Å². The van der Waals surface area contributed by atoms with Crippen LogP contribution in [0.4, 0.5) is 0 Å². The van der Waals surface area contributed by atoms with Gasteiger partial charge in [-0.25, -0.2) is 0 Å². The monoisotopic (exact) mass is 326 g/mol. The fourth-order valence-electron chi connectivity index (χ4n) is 3.01. The van der Waals surface area contributed by atoms with Crippen LogP contribution in [0.25, 0.3) is 10.9 Å². The maximum atomic E-state index is 12.7. The Bertz CT molecular complexity index is 856. The van der Waals surface area contributed by atoms with Crippen molar-refractivity contribution in [2.75, 3.05) is 13.2 Å². The zero-order valence-corrected chi connectivity index (χ0v) is 13.2. The lowest BCUT2D eigenvalue weighted by Crippen LogP contribution is -2.45. The van der Waals surface area contributed by atoms with Gasteiger partial charge >= 0.3 is 0 Å². The molecule has 1 amide bonds. The number of rotatable bonds is 4. The molecule has 0 saturated carbocycles. The van der Waals surface area contributed by atoms with Crippen molar-refractivity contribution in [3.63, 3.8) is 0 Å². The molecule has 1 aliphatic heterocycles. The minimum Gasteiger partial charge on any atom is -0.482 e. The molecule has 0 spiro atoms. The van der Waals surface area contributed by atoms with E-state index in [1.165, 1.54) is 0 Å². The number of hydrogen-bond donors (Lipinski definition) is 2. The van der Waals surface area contributed by atoms with Gasteiger partial charge in [0.2, 0.25) is 0 Å². The molecule has 124 valence electrons. The third kappa shape index (κ3) is 2.63. The second-order valence-electron chi connectivity index (χ2n) is 5.87. The molecule has 0 radical (unpaired) electrons. The van der Waals surface area contributed by atoms with Crippen molar-refractivity contribution < 1.29 is 14.3 Å². The molecular formula is C17H18N4O3. The van der Waals surface area contributed by atoms with Gasteiger partial charge in [0, 0.05) is 29.7 Å². The van der Waals surface area contributed by atoms with E-state index in [-0.39, 0.29) is 18.1 Å². The molecule has 1 saturated heterocycles. The van der Waals surface area contributed by atoms with Crippen LogP contribution in [0.3, 0.4) is 0 Å². The number of nitrogens with zero attached hydrogens (tertiary/aromatic N) is 2. The smallest absolute Gasteiger partial charge is 0.252 e. The molecule has 3 heterocycles. The molecule has 0 unspecified atom stereocenters. The lowest BCUT2D eigenvalue weighted by molar-refractivity contribution is 0.0906. The van der Waals surface area contributed by atoms with Crippen LogP contribution in [0, 0.1) is 0 Å². The fraction of sp³-hybridized carbons (Fsp3) is 0.294. The van der Waals surface area contributed by atoms with Gasteiger partial charge in [-0.2, -0.15) is 5.10 Å². The molecule has 1 aliphatic rings. The van der Waals surface area contributed by atoms with E-state index < -0.39 is 0 Å². The second-order valence-corrected chi connectivity index (χ2v) is 5.87. The summed E-state index contributed by atoms with van der Waals surface area (Å²) in [5.41, 5.74) is 1.68. The number of H-pyrrole nitrogens is 1. The number of benzene rings is 1. The van der Waals surface area contributed by atoms with E-state index in [0.29, 0.717) is 24.5 Å². The van der Waals surface area contributed by atoms with E-state index in [2.05, 4.69) is 15.5 Å². The Morgan fingerprint density at radius 2 is 2.33 bits per heavy atom. The third-order valence-corrected chi connectivity index (χ3v) is 4.28. The molecule has 2 aromatic heterocycles. The molecule has 0 bridgehead atoms. The maximum Gasteiger partial charge on any atom is 0.252 e. The minimum atomic E-state index is -0.235. The number of ether oxygens (including phenoxy) is 2. The lowest BCUT2D eigenvalue weighted by atomic mass is 10.1. The molecule has 4 rings (SSSR count). The Balaban J connectivity index is 1.52. The van der Waals surface area contributed by atoms with Gasteiger partial charge in [0.1, 0.15) is 6.10 Å². The summed E-state index contributed by atoms with van der Waals surface area (Å²) in [5.74, 6) is 0.512. The van der Waals surface area contributed by atoms with Crippen LogP contribution in [0.2, 0.25) is 0 Å². The van der Waals surface area contributed by atoms with E-state index in [1.807, 2.05) is 42.1 Å². The standard InChI is InChI=1S/C17H18N4O3/c1-21-6-5-12-13(3-2-4-15(12)21)17(22)20-14-9-23-10-16(14)24-11-7-18-19-8-11/h2-8,14,16H,9-10H2,1H3,(H,18,19)(H,20,22)/t14-,16+/m0/s1. The van der Waals surface area contributed by atoms with Crippen LogP contribution in [-0.2, 0) is 11.8 Å². The number of aromatic amines is 1. The zero-order valence-electron chi connectivity index (χ0n) is 13.2. The second kappa shape index (κ2) is 6.01. The molecule has 2 N–H and O–H groups in total. The molecule has 0 aliphatic carbocycles. The number of hydrogen-bond acceptors (Lipinski definition) is 4. The average molecular weight is 326 g/mol. The Morgan fingerprint density at radius 1 is 1.42 bits per heavy atom. The quantitative estimate of drug-likeness (QED) is 0.761. The van der Waals surface area contributed by atoms with Crippen LogP contribution in [0.5, 0.6) is 5.75 Å². The van der Waals surface area contributed by atoms with E-state index >= 15 is 0 Å². The summed E-state index contributed by atoms with van der Waals surface area (Å²) in [4.78, 5) is 12.7. The van der Waals surface area contributed by atoms with E-state index in [1.54, 1.807) is 12.4 Å². The van der Waals surface area contributed by atoms with Crippen LogP contribution < -0.4 is 10.1 Å². The number of amides is 1. The molecule has 1 fully saturated rings. The SMILES string of the molecule is Cn1ccc2c(C(=O)N[C@H]3COC[C@H]3Oc3cn[nH]c3)cccc21. The summed E-state index contributed by atoms with van der Waals surface area (Å²) in [5, 5.41) is 10.5. The topological polar surface area (TPSA) is 81.2 Å². The summed E-state index contributed by atoms with van der Waals surface area (Å²) in [6.45, 7) is 0.866. The molecule has 1 aromatic carbocycles. The van der Waals surface area contributed by atoms with Crippen molar-refractivity contribution in [1.29, 1.82) is 0 Å². The van der Waals surface area contributed by atoms with Crippen LogP contribution in [-0.4, -0.2) is 46.0 Å². The molecule has 3 aromatic rings. The van der Waals surface area contributed by atoms with Crippen molar-refractivity contribution in [3.8, 4) is 5.75 Å². The summed E-state index contributed by atoms with van der Waals surface area (Å²) < 4.78 is 13.3. The number of nitrogens with one attached hydrogen (secondary N) is 2. The first-order valence-electron chi connectivity index (χ1n) is 7.80. The Labute approximate surface area is 138 Å². The normalized spacial score (nSPS) is 20.4. The van der Waals surface area contributed by atoms with Gasteiger partial charge in [-0.15, -0.1) is 0 Å². The fourth-order valence-corrected chi connectivity index (χ4v) is 3.01. The minimum absolute atomic E-state index is 0.122. The predicted molar refractivity (Wildman–Crippen MR) is 88.0 cm³/mol. The van der Waals surface area contributed by atoms with E-state index in [9.17, 15) is 4.79 Å². The van der Waals surface area contributed by atoms with Crippen LogP contribution in [0.1, 0.15) is 10.4 Å². The highest BCUT2D eigenvalue weighted by Gasteiger charge is 2.32. The Hall–Kier alpha value is -2.80. The first-order chi connectivity index (χ1) is 11.7. The highest BCUT2D eigenvalue weighted by atomic mass is 16.5. The number of aromatic nitrogens is 3. The molecule has 7 heteroatoms. The molecular weight excluding hydrogens is 308 g/mol. The van der Waals surface area contributed by atoms with Crippen molar-refractivity contribution in [3.05, 3.63) is 48.4 Å². The summed E-state index contributed by atoms with van der Waals surface area (Å²) in [6, 6.07) is 7.47. The third-order valence-electron chi connectivity index (χ3n) is 4.28. The predicted octanol–water partition coefficient (Wildman–Crippen LogP) is 1.48. The van der Waals surface area contributed by atoms with Crippen LogP contribution in [0.15, 0.2) is 42.9 Å². The van der Waals surface area contributed by atoms with Gasteiger partial charge in [0.15, 0.2) is 5.75 Å². The van der Waals surface area contributed by atoms with Crippen molar-refractivity contribution in [2.45, 2.75) is 12.1 Å². The Kier molecular flexibility index (Phi) is 3.70. The van der Waals surface area contributed by atoms with Gasteiger partial charge in [-0.05, 0) is 18.2 Å². The van der Waals surface area contributed by atoms with Gasteiger partial charge in [0.05, 0.1) is 31.6 Å². The number of fused-ring (bicyclic) bond motifs is 1. The number of carbonyl (C=O) groups is 1. The zero-order chi connectivity index (χ0) is 16.5. The highest BCUT2D eigenvalue weighted by Crippen LogP contribution is 2.21. The van der Waals surface area contributed by atoms with Crippen molar-refractivity contribution in [2.24, 2.45) is 7.05 Å². The first-order valence-corrected chi connectivity index (χ1v) is 7.80. The summed E-state index contributed by atoms with van der Waals surface area (Å²) in [7, 11) is 1.96. The van der Waals surface area contributed by atoms with Crippen molar-refractivity contribution in [1.82, 2.24) is 20.1 Å². The van der Waals surface area contributed by atoms with E-state index in [0.717, 1.165) is 10.9 Å². The molecule has 24 heavy (non-hydrogen) atoms. The van der Waals surface area contributed by atoms with Crippen molar-refractivity contribution >= 4 is 16.8 Å². The van der Waals surface area contributed by atoms with Gasteiger partial charge in [-0.3, -0.25) is 9.89 Å². The Morgan fingerprint density at radius 3 is 3.17 bits per heavy atom. The molecule has 2 atom stereocenters. The lowest BCUT2D eigenvalue weighted by Gasteiger charge is -2.19. The average Bonchev–Trinajstić information content (AvgIpc) is 3.31. The first kappa shape index (κ1) is 14.8. The van der Waals surface area contributed by atoms with E-state index in [4.69, 9.17) is 9.47 Å². The largest absolute Gasteiger partial charge is 0.482 e. The van der Waals surface area contributed by atoms with Gasteiger partial charge in [0.25, 0.3) is 5.91 Å². The highest BCUT2D eigenvalue weighted by molar-refractivity contribution is 6.06. The number of carbonyl (C=O) groups excluding carboxylic acids is 1. The number of aryl methyl sites for hydroxylation is 1. The summed E-state index contributed by atoms with van der Waals surface area (Å²) in [6.07, 6.45) is 4.98. The summed E-state index contributed by atoms with van der Waals surface area (Å²) >= 11 is 0.